The molecule has 2 atom stereocenters. The van der Waals surface area contributed by atoms with Crippen LogP contribution in [0.3, 0.4) is 0 Å². The Balaban J connectivity index is 1.27. The molecule has 0 spiro atoms. The lowest BCUT2D eigenvalue weighted by Gasteiger charge is -2.30. The minimum Gasteiger partial charge on any atom is -0.494 e. The van der Waals surface area contributed by atoms with Crippen molar-refractivity contribution in [2.24, 2.45) is 0 Å². The van der Waals surface area contributed by atoms with Gasteiger partial charge in [-0.05, 0) is 80.8 Å². The van der Waals surface area contributed by atoms with Crippen LogP contribution in [0.1, 0.15) is 114 Å². The predicted octanol–water partition coefficient (Wildman–Crippen LogP) is 9.19. The van der Waals surface area contributed by atoms with Crippen LogP contribution in [0.4, 0.5) is 0 Å². The first kappa shape index (κ1) is 40.6. The zero-order valence-corrected chi connectivity index (χ0v) is 33.8. The molecule has 1 unspecified atom stereocenters. The van der Waals surface area contributed by atoms with Crippen molar-refractivity contribution in [2.75, 3.05) is 13.2 Å². The number of hydrogen-bond donors (Lipinski definition) is 1. The molecule has 54 heavy (non-hydrogen) atoms. The monoisotopic (exact) mass is 752 g/mol. The number of carbonyl (C=O) groups is 3. The number of likely N-dealkylation sites (tertiary alicyclic amines) is 1. The number of unbranched alkanes of at least 4 members (excludes halogenated alkanes) is 4. The molecule has 1 aliphatic heterocycles. The van der Waals surface area contributed by atoms with E-state index >= 15 is 0 Å². The molecule has 0 aliphatic carbocycles. The fourth-order valence-electron chi connectivity index (χ4n) is 6.43. The highest BCUT2D eigenvalue weighted by Gasteiger charge is 2.40. The van der Waals surface area contributed by atoms with E-state index in [1.165, 1.54) is 37.0 Å². The van der Waals surface area contributed by atoms with Gasteiger partial charge in [0.1, 0.15) is 23.4 Å². The van der Waals surface area contributed by atoms with E-state index in [2.05, 4.69) is 43.0 Å². The Bertz CT molecular complexity index is 1840. The van der Waals surface area contributed by atoms with Crippen molar-refractivity contribution in [3.05, 3.63) is 88.4 Å². The van der Waals surface area contributed by atoms with Crippen molar-refractivity contribution >= 4 is 29.1 Å². The first-order valence-corrected chi connectivity index (χ1v) is 20.1. The van der Waals surface area contributed by atoms with E-state index in [0.717, 1.165) is 45.9 Å². The smallest absolute Gasteiger partial charge is 0.329 e. The first-order chi connectivity index (χ1) is 25.7. The quantitative estimate of drug-likeness (QED) is 0.0953. The average Bonchev–Trinajstić information content (AvgIpc) is 3.84. The van der Waals surface area contributed by atoms with Crippen molar-refractivity contribution < 1.29 is 23.9 Å². The van der Waals surface area contributed by atoms with Gasteiger partial charge in [0.15, 0.2) is 5.82 Å². The van der Waals surface area contributed by atoms with Gasteiger partial charge in [-0.25, -0.2) is 14.8 Å². The van der Waals surface area contributed by atoms with E-state index in [4.69, 9.17) is 9.47 Å². The minimum absolute atomic E-state index is 0.103. The number of aromatic nitrogens is 2. The second-order valence-corrected chi connectivity index (χ2v) is 17.2. The van der Waals surface area contributed by atoms with E-state index in [1.54, 1.807) is 4.90 Å². The van der Waals surface area contributed by atoms with Crippen LogP contribution in [0, 0.1) is 0 Å². The number of hydrogen-bond acceptors (Lipinski definition) is 8. The van der Waals surface area contributed by atoms with Gasteiger partial charge < -0.3 is 19.7 Å². The Labute approximate surface area is 324 Å². The zero-order chi connectivity index (χ0) is 38.9. The molecule has 5 rings (SSSR count). The normalized spacial score (nSPS) is 15.2. The number of carbonyl (C=O) groups excluding carboxylic acids is 3. The van der Waals surface area contributed by atoms with Gasteiger partial charge >= 0.3 is 5.97 Å². The Morgan fingerprint density at radius 3 is 2.15 bits per heavy atom. The topological polar surface area (TPSA) is 111 Å². The van der Waals surface area contributed by atoms with Gasteiger partial charge in [-0.2, -0.15) is 0 Å². The number of ether oxygens (including phenoxy) is 2. The molecule has 2 amide bonds. The lowest BCUT2D eigenvalue weighted by atomic mass is 9.95. The van der Waals surface area contributed by atoms with E-state index in [0.29, 0.717) is 30.1 Å². The number of benzene rings is 2. The van der Waals surface area contributed by atoms with Crippen molar-refractivity contribution in [3.63, 3.8) is 0 Å². The number of amides is 2. The maximum absolute atomic E-state index is 14.2. The molecule has 1 fully saturated rings. The second-order valence-electron chi connectivity index (χ2n) is 16.1. The summed E-state index contributed by atoms with van der Waals surface area (Å²) in [5, 5.41) is 3.02. The summed E-state index contributed by atoms with van der Waals surface area (Å²) in [7, 11) is 0. The molecule has 0 saturated carbocycles. The number of nitrogens with zero attached hydrogens (tertiary/aromatic N) is 3. The molecule has 2 aromatic heterocycles. The van der Waals surface area contributed by atoms with Crippen molar-refractivity contribution in [2.45, 2.75) is 123 Å². The Kier molecular flexibility index (Phi) is 13.7. The highest BCUT2D eigenvalue weighted by molar-refractivity contribution is 7.14. The predicted molar refractivity (Wildman–Crippen MR) is 216 cm³/mol. The maximum atomic E-state index is 14.2. The van der Waals surface area contributed by atoms with Crippen LogP contribution in [-0.2, 0) is 26.2 Å². The Morgan fingerprint density at radius 2 is 1.52 bits per heavy atom. The third-order valence-corrected chi connectivity index (χ3v) is 10.9. The summed E-state index contributed by atoms with van der Waals surface area (Å²) >= 11 is 1.43. The number of thiophene rings is 1. The number of nitrogens with one attached hydrogen (secondary N) is 1. The van der Waals surface area contributed by atoms with E-state index < -0.39 is 23.7 Å². The van der Waals surface area contributed by atoms with Crippen molar-refractivity contribution in [3.8, 4) is 28.3 Å². The van der Waals surface area contributed by atoms with Gasteiger partial charge in [0.2, 0.25) is 5.91 Å². The van der Waals surface area contributed by atoms with Crippen LogP contribution in [0.25, 0.3) is 22.5 Å². The molecule has 2 aromatic carbocycles. The maximum Gasteiger partial charge on any atom is 0.329 e. The number of rotatable bonds is 15. The minimum atomic E-state index is -0.885. The lowest BCUT2D eigenvalue weighted by molar-refractivity contribution is -0.163. The molecular weight excluding hydrogens is 697 g/mol. The summed E-state index contributed by atoms with van der Waals surface area (Å²) in [5.41, 5.74) is 2.82. The average molecular weight is 753 g/mol. The molecule has 3 heterocycles. The third kappa shape index (κ3) is 11.2. The summed E-state index contributed by atoms with van der Waals surface area (Å²) in [6.07, 6.45) is 11.1. The molecular formula is C44H56N4O5S. The molecule has 10 heteroatoms. The van der Waals surface area contributed by atoms with E-state index in [9.17, 15) is 14.4 Å². The first-order valence-electron chi connectivity index (χ1n) is 19.3. The fraction of sp³-hybridized carbons (Fsp3) is 0.477. The molecule has 1 aliphatic rings. The molecule has 1 saturated heterocycles. The largest absolute Gasteiger partial charge is 0.494 e. The Morgan fingerprint density at radius 1 is 0.852 bits per heavy atom. The van der Waals surface area contributed by atoms with Crippen molar-refractivity contribution in [1.29, 1.82) is 0 Å². The summed E-state index contributed by atoms with van der Waals surface area (Å²) in [5.74, 6) is 0.413. The summed E-state index contributed by atoms with van der Waals surface area (Å²) < 4.78 is 11.6. The van der Waals surface area contributed by atoms with Crippen molar-refractivity contribution in [1.82, 2.24) is 20.2 Å². The molecule has 0 bridgehead atoms. The summed E-state index contributed by atoms with van der Waals surface area (Å²) in [6, 6.07) is 17.9. The van der Waals surface area contributed by atoms with Gasteiger partial charge in [0.25, 0.3) is 5.91 Å². The molecule has 1 N–H and O–H groups in total. The molecule has 0 radical (unpaired) electrons. The van der Waals surface area contributed by atoms with Crippen LogP contribution in [-0.4, -0.2) is 63.5 Å². The SMILES string of the molecule is CCCCCCCOc1ccc(-c2cnc(-c3ccc(C[C@H](NC(=O)c4ccc(C(C)(C)C)s4)C(=O)N4CCCC4C(=O)OC(C)(C)C)cc3)nc2)cc1. The van der Waals surface area contributed by atoms with Crippen LogP contribution >= 0.6 is 11.3 Å². The second kappa shape index (κ2) is 18.2. The standard InChI is InChI=1S/C44H56N4O5S/c1-8-9-10-11-12-26-52-34-21-19-31(20-22-34)33-28-45-39(46-29-33)32-17-15-30(16-18-32)27-35(47-40(49)37-23-24-38(54-37)43(2,3)4)41(50)48-25-13-14-36(48)42(51)53-44(5,6)7/h15-24,28-29,35-36H,8-14,25-27H2,1-7H3,(H,47,49)/t35-,36?/m0/s1. The Hall–Kier alpha value is -4.57. The van der Waals surface area contributed by atoms with E-state index in [1.807, 2.05) is 93.8 Å². The summed E-state index contributed by atoms with van der Waals surface area (Å²) in [4.78, 5) is 53.4. The van der Waals surface area contributed by atoms with Crippen LogP contribution in [0.2, 0.25) is 0 Å². The molecule has 4 aromatic rings. The highest BCUT2D eigenvalue weighted by atomic mass is 32.1. The summed E-state index contributed by atoms with van der Waals surface area (Å²) in [6.45, 7) is 15.1. The van der Waals surface area contributed by atoms with E-state index in [-0.39, 0.29) is 23.7 Å². The van der Waals surface area contributed by atoms with Gasteiger partial charge in [-0.15, -0.1) is 11.3 Å². The molecule has 288 valence electrons. The molecule has 9 nitrogen and oxygen atoms in total. The number of esters is 1. The van der Waals surface area contributed by atoms with Gasteiger partial charge in [-0.1, -0.05) is 89.8 Å². The van der Waals surface area contributed by atoms with Crippen LogP contribution in [0.5, 0.6) is 5.75 Å². The van der Waals surface area contributed by atoms with Gasteiger partial charge in [-0.3, -0.25) is 9.59 Å². The van der Waals surface area contributed by atoms with Gasteiger partial charge in [0, 0.05) is 41.4 Å². The van der Waals surface area contributed by atoms with Crippen LogP contribution < -0.4 is 10.1 Å². The third-order valence-electron chi connectivity index (χ3n) is 9.40. The lowest BCUT2D eigenvalue weighted by Crippen LogP contribution is -2.53. The highest BCUT2D eigenvalue weighted by Crippen LogP contribution is 2.30. The van der Waals surface area contributed by atoms with Crippen LogP contribution in [0.15, 0.2) is 73.1 Å². The fourth-order valence-corrected chi connectivity index (χ4v) is 7.40. The zero-order valence-electron chi connectivity index (χ0n) is 32.9. The van der Waals surface area contributed by atoms with Gasteiger partial charge in [0.05, 0.1) is 11.5 Å².